The molecule has 0 spiro atoms. The minimum absolute atomic E-state index is 0.0271. The fraction of sp³-hybridized carbons (Fsp3) is 0.200. The summed E-state index contributed by atoms with van der Waals surface area (Å²) in [6.45, 7) is -1.29. The number of hydrogen-bond acceptors (Lipinski definition) is 6. The van der Waals surface area contributed by atoms with Gasteiger partial charge in [-0.25, -0.2) is 0 Å². The summed E-state index contributed by atoms with van der Waals surface area (Å²) < 4.78 is 46.9. The van der Waals surface area contributed by atoms with Crippen LogP contribution in [0.1, 0.15) is 5.89 Å². The topological polar surface area (TPSA) is 60.2 Å². The van der Waals surface area contributed by atoms with Crippen LogP contribution in [0.5, 0.6) is 5.75 Å². The van der Waals surface area contributed by atoms with Crippen molar-refractivity contribution in [3.05, 3.63) is 45.9 Å². The Labute approximate surface area is 149 Å². The van der Waals surface area contributed by atoms with Gasteiger partial charge in [0.2, 0.25) is 11.7 Å². The van der Waals surface area contributed by atoms with E-state index in [0.29, 0.717) is 16.5 Å². The molecule has 132 valence electrons. The van der Waals surface area contributed by atoms with Gasteiger partial charge < -0.3 is 14.6 Å². The SMILES string of the molecule is FC(F)(F)COc1ccc(Cl)cc1NCc1nc(-c2ccsc2)no1. The Balaban J connectivity index is 1.69. The minimum atomic E-state index is -4.43. The molecule has 3 rings (SSSR count). The first-order valence-electron chi connectivity index (χ1n) is 6.99. The van der Waals surface area contributed by atoms with Crippen molar-refractivity contribution in [1.29, 1.82) is 0 Å². The zero-order valence-corrected chi connectivity index (χ0v) is 14.1. The van der Waals surface area contributed by atoms with Gasteiger partial charge in [0.25, 0.3) is 0 Å². The van der Waals surface area contributed by atoms with Crippen LogP contribution in [0.3, 0.4) is 0 Å². The fourth-order valence-corrected chi connectivity index (χ4v) is 2.74. The largest absolute Gasteiger partial charge is 0.482 e. The van der Waals surface area contributed by atoms with Crippen LogP contribution in [0, 0.1) is 0 Å². The van der Waals surface area contributed by atoms with Gasteiger partial charge in [-0.2, -0.15) is 29.5 Å². The van der Waals surface area contributed by atoms with Crippen molar-refractivity contribution < 1.29 is 22.4 Å². The van der Waals surface area contributed by atoms with Crippen molar-refractivity contribution >= 4 is 28.6 Å². The highest BCUT2D eigenvalue weighted by Crippen LogP contribution is 2.30. The summed E-state index contributed by atoms with van der Waals surface area (Å²) in [5, 5.41) is 10.9. The molecule has 0 aliphatic carbocycles. The molecule has 5 nitrogen and oxygen atoms in total. The molecule has 0 atom stereocenters. The zero-order valence-electron chi connectivity index (χ0n) is 12.5. The normalized spacial score (nSPS) is 11.5. The second-order valence-corrected chi connectivity index (χ2v) is 6.14. The number of aromatic nitrogens is 2. The van der Waals surface area contributed by atoms with E-state index in [9.17, 15) is 13.2 Å². The van der Waals surface area contributed by atoms with Crippen molar-refractivity contribution in [2.45, 2.75) is 12.7 Å². The third kappa shape index (κ3) is 4.86. The maximum absolute atomic E-state index is 12.3. The van der Waals surface area contributed by atoms with Crippen LogP contribution in [0.2, 0.25) is 5.02 Å². The fourth-order valence-electron chi connectivity index (χ4n) is 1.93. The number of ether oxygens (including phenoxy) is 1. The van der Waals surface area contributed by atoms with Crippen molar-refractivity contribution in [2.24, 2.45) is 0 Å². The highest BCUT2D eigenvalue weighted by molar-refractivity contribution is 7.08. The summed E-state index contributed by atoms with van der Waals surface area (Å²) >= 11 is 7.40. The van der Waals surface area contributed by atoms with E-state index in [2.05, 4.69) is 15.5 Å². The molecule has 3 aromatic rings. The van der Waals surface area contributed by atoms with E-state index >= 15 is 0 Å². The zero-order chi connectivity index (χ0) is 17.9. The molecule has 1 N–H and O–H groups in total. The van der Waals surface area contributed by atoms with Crippen LogP contribution in [-0.2, 0) is 6.54 Å². The van der Waals surface area contributed by atoms with E-state index in [-0.39, 0.29) is 18.2 Å². The third-order valence-electron chi connectivity index (χ3n) is 3.01. The number of nitrogens with one attached hydrogen (secondary N) is 1. The Kier molecular flexibility index (Phi) is 5.14. The average Bonchev–Trinajstić information content (AvgIpc) is 3.22. The molecule has 0 bridgehead atoms. The van der Waals surface area contributed by atoms with E-state index in [4.69, 9.17) is 20.9 Å². The Morgan fingerprint density at radius 1 is 1.28 bits per heavy atom. The predicted molar refractivity (Wildman–Crippen MR) is 87.9 cm³/mol. The van der Waals surface area contributed by atoms with Gasteiger partial charge in [0.05, 0.1) is 12.2 Å². The lowest BCUT2D eigenvalue weighted by Gasteiger charge is -2.14. The van der Waals surface area contributed by atoms with Gasteiger partial charge in [0.1, 0.15) is 5.75 Å². The molecule has 25 heavy (non-hydrogen) atoms. The van der Waals surface area contributed by atoms with E-state index in [1.165, 1.54) is 29.5 Å². The van der Waals surface area contributed by atoms with Gasteiger partial charge in [0.15, 0.2) is 6.61 Å². The molecule has 0 saturated heterocycles. The highest BCUT2D eigenvalue weighted by atomic mass is 35.5. The van der Waals surface area contributed by atoms with Crippen molar-refractivity contribution in [2.75, 3.05) is 11.9 Å². The molecule has 0 amide bonds. The minimum Gasteiger partial charge on any atom is -0.482 e. The molecule has 0 aliphatic rings. The second kappa shape index (κ2) is 7.32. The van der Waals surface area contributed by atoms with E-state index in [1.54, 1.807) is 0 Å². The third-order valence-corrected chi connectivity index (χ3v) is 3.93. The van der Waals surface area contributed by atoms with Crippen molar-refractivity contribution in [1.82, 2.24) is 10.1 Å². The van der Waals surface area contributed by atoms with Crippen LogP contribution in [-0.4, -0.2) is 22.9 Å². The summed E-state index contributed by atoms with van der Waals surface area (Å²) in [5.74, 6) is 0.750. The Morgan fingerprint density at radius 2 is 2.12 bits per heavy atom. The van der Waals surface area contributed by atoms with Gasteiger partial charge >= 0.3 is 6.18 Å². The second-order valence-electron chi connectivity index (χ2n) is 4.92. The number of anilines is 1. The lowest BCUT2D eigenvalue weighted by atomic mass is 10.3. The number of benzene rings is 1. The van der Waals surface area contributed by atoms with Crippen LogP contribution in [0.4, 0.5) is 18.9 Å². The van der Waals surface area contributed by atoms with Gasteiger partial charge in [0, 0.05) is 16.0 Å². The first-order chi connectivity index (χ1) is 11.9. The maximum atomic E-state index is 12.3. The summed E-state index contributed by atoms with van der Waals surface area (Å²) in [6.07, 6.45) is -4.43. The molecular weight excluding hydrogens is 379 g/mol. The predicted octanol–water partition coefficient (Wildman–Crippen LogP) is 5.00. The number of alkyl halides is 3. The molecular formula is C15H11ClF3N3O2S. The molecule has 0 radical (unpaired) electrons. The Morgan fingerprint density at radius 3 is 2.84 bits per heavy atom. The molecule has 0 fully saturated rings. The standard InChI is InChI=1S/C15H11ClF3N3O2S/c16-10-1-2-12(23-8-15(17,18)19)11(5-10)20-6-13-21-14(22-24-13)9-3-4-25-7-9/h1-5,7,20H,6,8H2. The number of hydrogen-bond donors (Lipinski definition) is 1. The summed E-state index contributed by atoms with van der Waals surface area (Å²) in [5.41, 5.74) is 1.13. The van der Waals surface area contributed by atoms with Crippen molar-refractivity contribution in [3.63, 3.8) is 0 Å². The van der Waals surface area contributed by atoms with Crippen molar-refractivity contribution in [3.8, 4) is 17.1 Å². The first kappa shape index (κ1) is 17.6. The number of halogens is 4. The van der Waals surface area contributed by atoms with Gasteiger partial charge in [-0.15, -0.1) is 0 Å². The lowest BCUT2D eigenvalue weighted by Crippen LogP contribution is -2.19. The molecule has 2 heterocycles. The van der Waals surface area contributed by atoms with Crippen LogP contribution >= 0.6 is 22.9 Å². The van der Waals surface area contributed by atoms with Crippen LogP contribution in [0.15, 0.2) is 39.5 Å². The summed E-state index contributed by atoms with van der Waals surface area (Å²) in [4.78, 5) is 4.22. The molecule has 0 aliphatic heterocycles. The molecule has 10 heteroatoms. The summed E-state index contributed by atoms with van der Waals surface area (Å²) in [6, 6.07) is 6.12. The average molecular weight is 390 g/mol. The van der Waals surface area contributed by atoms with Gasteiger partial charge in [-0.05, 0) is 29.6 Å². The Bertz CT molecular complexity index is 837. The number of rotatable bonds is 6. The highest BCUT2D eigenvalue weighted by Gasteiger charge is 2.28. The molecule has 1 aromatic carbocycles. The number of nitrogens with zero attached hydrogens (tertiary/aromatic N) is 2. The van der Waals surface area contributed by atoms with E-state index in [0.717, 1.165) is 5.56 Å². The van der Waals surface area contributed by atoms with Crippen LogP contribution < -0.4 is 10.1 Å². The quantitative estimate of drug-likeness (QED) is 0.642. The summed E-state index contributed by atoms with van der Waals surface area (Å²) in [7, 11) is 0. The van der Waals surface area contributed by atoms with Gasteiger partial charge in [-0.3, -0.25) is 0 Å². The van der Waals surface area contributed by atoms with Gasteiger partial charge in [-0.1, -0.05) is 16.8 Å². The molecule has 2 aromatic heterocycles. The molecule has 0 unspecified atom stereocenters. The monoisotopic (exact) mass is 389 g/mol. The maximum Gasteiger partial charge on any atom is 0.422 e. The molecule has 0 saturated carbocycles. The number of thiophene rings is 1. The van der Waals surface area contributed by atoms with Crippen LogP contribution in [0.25, 0.3) is 11.4 Å². The Hall–Kier alpha value is -2.26. The smallest absolute Gasteiger partial charge is 0.422 e. The van der Waals surface area contributed by atoms with E-state index in [1.807, 2.05) is 16.8 Å². The van der Waals surface area contributed by atoms with E-state index < -0.39 is 12.8 Å². The lowest BCUT2D eigenvalue weighted by molar-refractivity contribution is -0.153. The first-order valence-corrected chi connectivity index (χ1v) is 8.31.